The molecular formula is C11H18N6. The maximum absolute atomic E-state index is 9.13. The Hall–Kier alpha value is -1.74. The van der Waals surface area contributed by atoms with E-state index in [2.05, 4.69) is 28.7 Å². The van der Waals surface area contributed by atoms with E-state index in [1.807, 2.05) is 6.92 Å². The number of aromatic nitrogens is 2. The Labute approximate surface area is 101 Å². The highest BCUT2D eigenvalue weighted by molar-refractivity contribution is 5.64. The van der Waals surface area contributed by atoms with E-state index >= 15 is 0 Å². The second-order valence-electron chi connectivity index (χ2n) is 4.42. The van der Waals surface area contributed by atoms with Crippen molar-refractivity contribution in [2.24, 2.45) is 0 Å². The third kappa shape index (κ3) is 2.06. The SMILES string of the molecule is CCC(C)n1nc(NC2CNC2)c(C#N)c1N. The second kappa shape index (κ2) is 4.63. The van der Waals surface area contributed by atoms with Gasteiger partial charge in [-0.25, -0.2) is 4.68 Å². The number of anilines is 2. The number of nitrogens with zero attached hydrogens (tertiary/aromatic N) is 3. The minimum atomic E-state index is 0.206. The van der Waals surface area contributed by atoms with Crippen molar-refractivity contribution in [3.8, 4) is 6.07 Å². The molecule has 2 rings (SSSR count). The third-order valence-electron chi connectivity index (χ3n) is 3.19. The number of nitrogen functional groups attached to an aromatic ring is 1. The maximum Gasteiger partial charge on any atom is 0.168 e. The zero-order chi connectivity index (χ0) is 12.4. The molecule has 4 N–H and O–H groups in total. The molecule has 6 nitrogen and oxygen atoms in total. The van der Waals surface area contributed by atoms with Gasteiger partial charge in [-0.05, 0) is 13.3 Å². The minimum Gasteiger partial charge on any atom is -0.383 e. The lowest BCUT2D eigenvalue weighted by molar-refractivity contribution is 0.463. The molecule has 1 fully saturated rings. The van der Waals surface area contributed by atoms with E-state index in [1.54, 1.807) is 4.68 Å². The molecule has 0 aromatic carbocycles. The predicted octanol–water partition coefficient (Wildman–Crippen LogP) is 0.692. The van der Waals surface area contributed by atoms with Crippen LogP contribution in [-0.2, 0) is 0 Å². The van der Waals surface area contributed by atoms with E-state index in [-0.39, 0.29) is 6.04 Å². The first-order chi connectivity index (χ1) is 8.17. The van der Waals surface area contributed by atoms with Gasteiger partial charge < -0.3 is 16.4 Å². The average molecular weight is 234 g/mol. The Balaban J connectivity index is 2.28. The van der Waals surface area contributed by atoms with Crippen molar-refractivity contribution in [2.45, 2.75) is 32.4 Å². The Morgan fingerprint density at radius 3 is 2.88 bits per heavy atom. The molecule has 2 heterocycles. The van der Waals surface area contributed by atoms with Crippen LogP contribution in [0.15, 0.2) is 0 Å². The van der Waals surface area contributed by atoms with E-state index in [9.17, 15) is 0 Å². The molecule has 92 valence electrons. The average Bonchev–Trinajstić information content (AvgIpc) is 2.59. The van der Waals surface area contributed by atoms with Gasteiger partial charge in [0.05, 0.1) is 12.1 Å². The van der Waals surface area contributed by atoms with Crippen LogP contribution in [0.3, 0.4) is 0 Å². The Morgan fingerprint density at radius 2 is 2.41 bits per heavy atom. The molecule has 1 unspecified atom stereocenters. The van der Waals surface area contributed by atoms with Gasteiger partial charge in [0.2, 0.25) is 0 Å². The quantitative estimate of drug-likeness (QED) is 0.713. The Bertz CT molecular complexity index is 440. The summed E-state index contributed by atoms with van der Waals surface area (Å²) in [6, 6.07) is 2.68. The molecule has 1 aromatic heterocycles. The Kier molecular flexibility index (Phi) is 3.20. The zero-order valence-corrected chi connectivity index (χ0v) is 10.2. The third-order valence-corrected chi connectivity index (χ3v) is 3.19. The van der Waals surface area contributed by atoms with Crippen LogP contribution in [0.2, 0.25) is 0 Å². The maximum atomic E-state index is 9.13. The molecule has 0 bridgehead atoms. The summed E-state index contributed by atoms with van der Waals surface area (Å²) in [6.07, 6.45) is 0.932. The van der Waals surface area contributed by atoms with Crippen molar-refractivity contribution in [2.75, 3.05) is 24.1 Å². The van der Waals surface area contributed by atoms with Crippen LogP contribution in [0.4, 0.5) is 11.6 Å². The van der Waals surface area contributed by atoms with E-state index in [0.717, 1.165) is 19.5 Å². The van der Waals surface area contributed by atoms with Gasteiger partial charge in [-0.1, -0.05) is 6.92 Å². The number of nitrogens with one attached hydrogen (secondary N) is 2. The second-order valence-corrected chi connectivity index (χ2v) is 4.42. The van der Waals surface area contributed by atoms with Crippen LogP contribution in [0.5, 0.6) is 0 Å². The van der Waals surface area contributed by atoms with E-state index in [1.165, 1.54) is 0 Å². The van der Waals surface area contributed by atoms with Crippen LogP contribution in [0, 0.1) is 11.3 Å². The first kappa shape index (κ1) is 11.7. The van der Waals surface area contributed by atoms with E-state index < -0.39 is 0 Å². The summed E-state index contributed by atoms with van der Waals surface area (Å²) in [4.78, 5) is 0. The molecular weight excluding hydrogens is 216 g/mol. The van der Waals surface area contributed by atoms with Crippen LogP contribution < -0.4 is 16.4 Å². The highest BCUT2D eigenvalue weighted by Gasteiger charge is 2.23. The molecule has 0 aliphatic carbocycles. The van der Waals surface area contributed by atoms with Gasteiger partial charge in [-0.15, -0.1) is 0 Å². The van der Waals surface area contributed by atoms with Gasteiger partial charge in [-0.3, -0.25) is 0 Å². The fourth-order valence-electron chi connectivity index (χ4n) is 1.75. The van der Waals surface area contributed by atoms with Gasteiger partial charge >= 0.3 is 0 Å². The summed E-state index contributed by atoms with van der Waals surface area (Å²) >= 11 is 0. The van der Waals surface area contributed by atoms with Gasteiger partial charge in [0, 0.05) is 13.1 Å². The van der Waals surface area contributed by atoms with Gasteiger partial charge in [0.25, 0.3) is 0 Å². The zero-order valence-electron chi connectivity index (χ0n) is 10.2. The number of nitrogens with two attached hydrogens (primary N) is 1. The standard InChI is InChI=1S/C11H18N6/c1-3-7(2)17-10(13)9(4-12)11(16-17)15-8-5-14-6-8/h7-8,14H,3,5-6,13H2,1-2H3,(H,15,16). The normalized spacial score (nSPS) is 17.2. The van der Waals surface area contributed by atoms with Crippen molar-refractivity contribution < 1.29 is 0 Å². The molecule has 0 radical (unpaired) electrons. The molecule has 0 spiro atoms. The van der Waals surface area contributed by atoms with Crippen LogP contribution in [0.1, 0.15) is 31.9 Å². The largest absolute Gasteiger partial charge is 0.383 e. The molecule has 1 aromatic rings. The van der Waals surface area contributed by atoms with Crippen molar-refractivity contribution in [1.29, 1.82) is 5.26 Å². The lowest BCUT2D eigenvalue weighted by atomic mass is 10.2. The lowest BCUT2D eigenvalue weighted by Crippen LogP contribution is -2.51. The van der Waals surface area contributed by atoms with Crippen molar-refractivity contribution >= 4 is 11.6 Å². The highest BCUT2D eigenvalue weighted by Crippen LogP contribution is 2.25. The minimum absolute atomic E-state index is 0.206. The summed E-state index contributed by atoms with van der Waals surface area (Å²) in [5.74, 6) is 1.06. The summed E-state index contributed by atoms with van der Waals surface area (Å²) < 4.78 is 1.73. The first-order valence-corrected chi connectivity index (χ1v) is 5.92. The fraction of sp³-hybridized carbons (Fsp3) is 0.636. The molecule has 1 saturated heterocycles. The summed E-state index contributed by atoms with van der Waals surface area (Å²) in [5, 5.41) is 19.9. The van der Waals surface area contributed by atoms with Crippen LogP contribution in [0.25, 0.3) is 0 Å². The van der Waals surface area contributed by atoms with E-state index in [4.69, 9.17) is 11.0 Å². The molecule has 0 amide bonds. The fourth-order valence-corrected chi connectivity index (χ4v) is 1.75. The van der Waals surface area contributed by atoms with Gasteiger partial charge in [0.1, 0.15) is 17.5 Å². The summed E-state index contributed by atoms with van der Waals surface area (Å²) in [6.45, 7) is 5.92. The number of nitriles is 1. The smallest absolute Gasteiger partial charge is 0.168 e. The summed E-state index contributed by atoms with van der Waals surface area (Å²) in [7, 11) is 0. The van der Waals surface area contributed by atoms with Crippen LogP contribution >= 0.6 is 0 Å². The number of hydrogen-bond donors (Lipinski definition) is 3. The molecule has 17 heavy (non-hydrogen) atoms. The first-order valence-electron chi connectivity index (χ1n) is 5.92. The molecule has 1 aliphatic rings. The molecule has 0 saturated carbocycles. The molecule has 1 aliphatic heterocycles. The van der Waals surface area contributed by atoms with Crippen molar-refractivity contribution in [3.05, 3.63) is 5.56 Å². The van der Waals surface area contributed by atoms with E-state index in [0.29, 0.717) is 23.2 Å². The lowest BCUT2D eigenvalue weighted by Gasteiger charge is -2.27. The molecule has 6 heteroatoms. The molecule has 1 atom stereocenters. The van der Waals surface area contributed by atoms with Crippen molar-refractivity contribution in [1.82, 2.24) is 15.1 Å². The Morgan fingerprint density at radius 1 is 1.71 bits per heavy atom. The number of hydrogen-bond acceptors (Lipinski definition) is 5. The summed E-state index contributed by atoms with van der Waals surface area (Å²) in [5.41, 5.74) is 6.40. The number of rotatable bonds is 4. The topological polar surface area (TPSA) is 91.7 Å². The predicted molar refractivity (Wildman–Crippen MR) is 66.6 cm³/mol. The van der Waals surface area contributed by atoms with Gasteiger partial charge in [-0.2, -0.15) is 10.4 Å². The van der Waals surface area contributed by atoms with Crippen LogP contribution in [-0.4, -0.2) is 28.9 Å². The highest BCUT2D eigenvalue weighted by atomic mass is 15.4. The van der Waals surface area contributed by atoms with Crippen molar-refractivity contribution in [3.63, 3.8) is 0 Å². The monoisotopic (exact) mass is 234 g/mol. The van der Waals surface area contributed by atoms with Gasteiger partial charge in [0.15, 0.2) is 5.82 Å².